The van der Waals surface area contributed by atoms with E-state index < -0.39 is 10.8 Å². The lowest BCUT2D eigenvalue weighted by Gasteiger charge is -2.05. The molecule has 0 saturated carbocycles. The molecule has 1 aromatic carbocycles. The summed E-state index contributed by atoms with van der Waals surface area (Å²) >= 11 is 0. The van der Waals surface area contributed by atoms with E-state index in [4.69, 9.17) is 4.79 Å². The zero-order chi connectivity index (χ0) is 11.1. The third kappa shape index (κ3) is 3.83. The van der Waals surface area contributed by atoms with Crippen molar-refractivity contribution < 1.29 is 9.00 Å². The minimum Gasteiger partial charge on any atom is -0.307 e. The summed E-state index contributed by atoms with van der Waals surface area (Å²) < 4.78 is 11.1. The van der Waals surface area contributed by atoms with Gasteiger partial charge < -0.3 is 4.79 Å². The van der Waals surface area contributed by atoms with Crippen molar-refractivity contribution in [2.24, 2.45) is 0 Å². The molecule has 0 N–H and O–H groups in total. The summed E-state index contributed by atoms with van der Waals surface area (Å²) in [4.78, 5) is 8.92. The molecule has 14 heavy (non-hydrogen) atoms. The molecule has 0 aliphatic carbocycles. The van der Waals surface area contributed by atoms with E-state index in [1.54, 1.807) is 6.26 Å². The van der Waals surface area contributed by atoms with Crippen molar-refractivity contribution in [1.29, 1.82) is 0 Å². The largest absolute Gasteiger partial charge is 0.307 e. The zero-order valence-corrected chi connectivity index (χ0v) is 9.64. The first kappa shape index (κ1) is 13.0. The van der Waals surface area contributed by atoms with E-state index in [-0.39, 0.29) is 0 Å². The number of carbonyl (C=O) groups is 1. The second-order valence-corrected chi connectivity index (χ2v) is 4.56. The average molecular weight is 212 g/mol. The van der Waals surface area contributed by atoms with Crippen molar-refractivity contribution in [3.63, 3.8) is 0 Å². The molecule has 0 amide bonds. The predicted molar refractivity (Wildman–Crippen MR) is 60.0 cm³/mol. The number of hydrogen-bond acceptors (Lipinski definition) is 2. The van der Waals surface area contributed by atoms with Crippen LogP contribution in [0.3, 0.4) is 0 Å². The number of carbonyl (C=O) groups excluding carboxylic acids is 1. The monoisotopic (exact) mass is 212 g/mol. The molecule has 1 atom stereocenters. The highest BCUT2D eigenvalue weighted by Gasteiger charge is 2.01. The molecule has 0 fully saturated rings. The van der Waals surface area contributed by atoms with E-state index in [1.807, 2.05) is 25.0 Å². The molecule has 0 bridgehead atoms. The molecule has 2 nitrogen and oxygen atoms in total. The Balaban J connectivity index is 0.000000791. The Morgan fingerprint density at radius 1 is 1.29 bits per heavy atom. The molecule has 1 unspecified atom stereocenters. The molecular formula is C11H16O2S. The van der Waals surface area contributed by atoms with Gasteiger partial charge in [0.15, 0.2) is 0 Å². The molecule has 0 spiro atoms. The van der Waals surface area contributed by atoms with Gasteiger partial charge in [-0.3, -0.25) is 4.21 Å². The summed E-state index contributed by atoms with van der Waals surface area (Å²) in [5.74, 6) is 0.508. The zero-order valence-electron chi connectivity index (χ0n) is 8.82. The molecule has 1 aromatic rings. The minimum absolute atomic E-state index is 0.508. The Bertz CT molecular complexity index is 308. The van der Waals surface area contributed by atoms with Crippen LogP contribution in [-0.2, 0) is 15.6 Å². The van der Waals surface area contributed by atoms with Crippen molar-refractivity contribution in [1.82, 2.24) is 0 Å². The van der Waals surface area contributed by atoms with Gasteiger partial charge in [0, 0.05) is 22.0 Å². The highest BCUT2D eigenvalue weighted by atomic mass is 32.2. The summed E-state index contributed by atoms with van der Waals surface area (Å²) in [5.41, 5.74) is 1.25. The SMILES string of the molecule is C=O.CC(C)c1cccc(S(C)=O)c1. The molecule has 78 valence electrons. The topological polar surface area (TPSA) is 34.1 Å². The van der Waals surface area contributed by atoms with Crippen molar-refractivity contribution >= 4 is 17.6 Å². The molecule has 0 heterocycles. The van der Waals surface area contributed by atoms with Gasteiger partial charge >= 0.3 is 0 Å². The molecule has 3 heteroatoms. The second kappa shape index (κ2) is 6.49. The van der Waals surface area contributed by atoms with E-state index in [0.717, 1.165) is 4.90 Å². The summed E-state index contributed by atoms with van der Waals surface area (Å²) in [6.07, 6.45) is 1.71. The Kier molecular flexibility index (Phi) is 6.04. The van der Waals surface area contributed by atoms with Crippen LogP contribution in [-0.4, -0.2) is 17.3 Å². The van der Waals surface area contributed by atoms with Gasteiger partial charge in [0.25, 0.3) is 0 Å². The third-order valence-electron chi connectivity index (χ3n) is 1.86. The maximum atomic E-state index is 11.1. The van der Waals surface area contributed by atoms with Crippen LogP contribution in [0.1, 0.15) is 25.3 Å². The second-order valence-electron chi connectivity index (χ2n) is 3.18. The van der Waals surface area contributed by atoms with Crippen LogP contribution >= 0.6 is 0 Å². The fourth-order valence-electron chi connectivity index (χ4n) is 1.05. The van der Waals surface area contributed by atoms with Gasteiger partial charge in [0.2, 0.25) is 0 Å². The number of benzene rings is 1. The maximum Gasteiger partial charge on any atom is 0.106 e. The quantitative estimate of drug-likeness (QED) is 0.754. The van der Waals surface area contributed by atoms with Gasteiger partial charge in [-0.1, -0.05) is 26.0 Å². The highest BCUT2D eigenvalue weighted by molar-refractivity contribution is 7.84. The predicted octanol–water partition coefficient (Wildman–Crippen LogP) is 2.36. The summed E-state index contributed by atoms with van der Waals surface area (Å²) in [6.45, 7) is 6.27. The first-order valence-corrected chi connectivity index (χ1v) is 5.89. The van der Waals surface area contributed by atoms with Gasteiger partial charge in [-0.15, -0.1) is 0 Å². The fraction of sp³-hybridized carbons (Fsp3) is 0.364. The van der Waals surface area contributed by atoms with E-state index in [0.29, 0.717) is 5.92 Å². The lowest BCUT2D eigenvalue weighted by atomic mass is 10.0. The molecule has 0 radical (unpaired) electrons. The summed E-state index contributed by atoms with van der Waals surface area (Å²) in [5, 5.41) is 0. The van der Waals surface area contributed by atoms with Crippen LogP contribution in [0.5, 0.6) is 0 Å². The van der Waals surface area contributed by atoms with Gasteiger partial charge in [0.05, 0.1) is 0 Å². The normalized spacial score (nSPS) is 11.7. The van der Waals surface area contributed by atoms with Crippen molar-refractivity contribution in [3.05, 3.63) is 29.8 Å². The van der Waals surface area contributed by atoms with E-state index in [9.17, 15) is 4.21 Å². The van der Waals surface area contributed by atoms with Crippen LogP contribution in [0.25, 0.3) is 0 Å². The molecular weight excluding hydrogens is 196 g/mol. The van der Waals surface area contributed by atoms with Crippen LogP contribution < -0.4 is 0 Å². The Hall–Kier alpha value is -0.960. The first-order valence-electron chi connectivity index (χ1n) is 4.33. The summed E-state index contributed by atoms with van der Waals surface area (Å²) in [6, 6.07) is 7.95. The standard InChI is InChI=1S/C10H14OS.CH2O/c1-8(2)9-5-4-6-10(7-9)12(3)11;1-2/h4-8H,1-3H3;1H2. The van der Waals surface area contributed by atoms with Crippen LogP contribution in [0.15, 0.2) is 29.2 Å². The van der Waals surface area contributed by atoms with Gasteiger partial charge in [-0.05, 0) is 23.6 Å². The molecule has 0 aliphatic heterocycles. The molecule has 0 saturated heterocycles. The van der Waals surface area contributed by atoms with Crippen molar-refractivity contribution in [3.8, 4) is 0 Å². The number of hydrogen-bond donors (Lipinski definition) is 0. The van der Waals surface area contributed by atoms with E-state index >= 15 is 0 Å². The van der Waals surface area contributed by atoms with Crippen LogP contribution in [0, 0.1) is 0 Å². The fourth-order valence-corrected chi connectivity index (χ4v) is 1.62. The van der Waals surface area contributed by atoms with Crippen molar-refractivity contribution in [2.75, 3.05) is 6.26 Å². The lowest BCUT2D eigenvalue weighted by Crippen LogP contribution is -1.91. The minimum atomic E-state index is -0.856. The Morgan fingerprint density at radius 3 is 2.29 bits per heavy atom. The maximum absolute atomic E-state index is 11.1. The molecule has 0 aliphatic rings. The Morgan fingerprint density at radius 2 is 1.86 bits per heavy atom. The third-order valence-corrected chi connectivity index (χ3v) is 2.77. The molecule has 0 aromatic heterocycles. The van der Waals surface area contributed by atoms with Crippen LogP contribution in [0.4, 0.5) is 0 Å². The number of rotatable bonds is 2. The summed E-state index contributed by atoms with van der Waals surface area (Å²) in [7, 11) is -0.856. The first-order chi connectivity index (χ1) is 6.61. The lowest BCUT2D eigenvalue weighted by molar-refractivity contribution is -0.0979. The van der Waals surface area contributed by atoms with Crippen molar-refractivity contribution in [2.45, 2.75) is 24.7 Å². The van der Waals surface area contributed by atoms with E-state index in [1.165, 1.54) is 5.56 Å². The average Bonchev–Trinajstić information content (AvgIpc) is 2.21. The van der Waals surface area contributed by atoms with Crippen LogP contribution in [0.2, 0.25) is 0 Å². The molecule has 1 rings (SSSR count). The highest BCUT2D eigenvalue weighted by Crippen LogP contribution is 2.16. The smallest absolute Gasteiger partial charge is 0.106 e. The van der Waals surface area contributed by atoms with Gasteiger partial charge in [0.1, 0.15) is 6.79 Å². The van der Waals surface area contributed by atoms with Gasteiger partial charge in [-0.2, -0.15) is 0 Å². The van der Waals surface area contributed by atoms with E-state index in [2.05, 4.69) is 19.9 Å². The van der Waals surface area contributed by atoms with Gasteiger partial charge in [-0.25, -0.2) is 0 Å². The Labute approximate surface area is 87.8 Å².